The summed E-state index contributed by atoms with van der Waals surface area (Å²) in [5.74, 6) is -0.439. The van der Waals surface area contributed by atoms with Gasteiger partial charge in [-0.05, 0) is 61.9 Å². The molecule has 0 aromatic heterocycles. The van der Waals surface area contributed by atoms with Crippen LogP contribution in [0.1, 0.15) is 21.5 Å². The molecule has 3 rings (SSSR count). The first-order valence-electron chi connectivity index (χ1n) is 8.91. The molecule has 0 heterocycles. The number of aryl methyl sites for hydroxylation is 2. The van der Waals surface area contributed by atoms with Gasteiger partial charge >= 0.3 is 0 Å². The van der Waals surface area contributed by atoms with E-state index in [9.17, 15) is 13.2 Å². The maximum Gasteiger partial charge on any atom is 0.264 e. The Hall–Kier alpha value is -2.83. The predicted octanol–water partition coefficient (Wildman–Crippen LogP) is 5.03. The fourth-order valence-electron chi connectivity index (χ4n) is 2.77. The van der Waals surface area contributed by atoms with Crippen LogP contribution in [-0.4, -0.2) is 21.4 Å². The molecule has 0 aliphatic carbocycles. The molecule has 0 aliphatic rings. The highest BCUT2D eigenvalue weighted by Gasteiger charge is 2.22. The molecule has 3 aromatic carbocycles. The molecule has 1 amide bonds. The molecule has 0 unspecified atom stereocenters. The lowest BCUT2D eigenvalue weighted by Gasteiger charge is -2.20. The van der Waals surface area contributed by atoms with Crippen LogP contribution in [0, 0.1) is 13.8 Å². The number of hydrogen-bond acceptors (Lipinski definition) is 3. The summed E-state index contributed by atoms with van der Waals surface area (Å²) in [6, 6.07) is 18.4. The van der Waals surface area contributed by atoms with Gasteiger partial charge in [-0.3, -0.25) is 9.10 Å². The molecular weight excluding hydrogens is 408 g/mol. The Balaban J connectivity index is 1.87. The summed E-state index contributed by atoms with van der Waals surface area (Å²) in [5, 5.41) is 3.14. The van der Waals surface area contributed by atoms with Gasteiger partial charge in [0.05, 0.1) is 21.3 Å². The number of carbonyl (C=O) groups excluding carboxylic acids is 1. The first kappa shape index (κ1) is 20.9. The predicted molar refractivity (Wildman–Crippen MR) is 117 cm³/mol. The van der Waals surface area contributed by atoms with Crippen molar-refractivity contribution in [3.63, 3.8) is 0 Å². The minimum absolute atomic E-state index is 0.0308. The van der Waals surface area contributed by atoms with E-state index in [2.05, 4.69) is 5.32 Å². The Morgan fingerprint density at radius 1 is 0.931 bits per heavy atom. The number of carbonyl (C=O) groups is 1. The Morgan fingerprint density at radius 3 is 2.24 bits per heavy atom. The summed E-state index contributed by atoms with van der Waals surface area (Å²) < 4.78 is 27.2. The van der Waals surface area contributed by atoms with E-state index in [-0.39, 0.29) is 10.5 Å². The van der Waals surface area contributed by atoms with Crippen LogP contribution in [0.25, 0.3) is 0 Å². The van der Waals surface area contributed by atoms with Crippen LogP contribution in [0.4, 0.5) is 11.4 Å². The van der Waals surface area contributed by atoms with E-state index in [1.54, 1.807) is 36.4 Å². The van der Waals surface area contributed by atoms with Gasteiger partial charge < -0.3 is 5.32 Å². The van der Waals surface area contributed by atoms with Gasteiger partial charge in [-0.25, -0.2) is 8.42 Å². The van der Waals surface area contributed by atoms with Crippen LogP contribution in [0.15, 0.2) is 71.6 Å². The molecule has 150 valence electrons. The van der Waals surface area contributed by atoms with Crippen LogP contribution >= 0.6 is 11.6 Å². The molecule has 0 fully saturated rings. The third-order valence-electron chi connectivity index (χ3n) is 4.52. The monoisotopic (exact) mass is 428 g/mol. The van der Waals surface area contributed by atoms with Crippen molar-refractivity contribution in [2.45, 2.75) is 18.7 Å². The Labute approximate surface area is 176 Å². The molecular formula is C22H21ClN2O3S. The minimum Gasteiger partial charge on any atom is -0.321 e. The second-order valence-corrected chi connectivity index (χ2v) is 9.15. The Morgan fingerprint density at radius 2 is 1.59 bits per heavy atom. The number of anilines is 2. The molecule has 3 aromatic rings. The van der Waals surface area contributed by atoms with Crippen molar-refractivity contribution in [1.29, 1.82) is 0 Å². The molecule has 0 aliphatic heterocycles. The average molecular weight is 429 g/mol. The number of benzene rings is 3. The highest BCUT2D eigenvalue weighted by Crippen LogP contribution is 2.25. The van der Waals surface area contributed by atoms with Gasteiger partial charge in [-0.15, -0.1) is 0 Å². The van der Waals surface area contributed by atoms with Gasteiger partial charge in [0.25, 0.3) is 15.9 Å². The largest absolute Gasteiger partial charge is 0.321 e. The fraction of sp³-hybridized carbons (Fsp3) is 0.136. The lowest BCUT2D eigenvalue weighted by Crippen LogP contribution is -2.26. The van der Waals surface area contributed by atoms with Crippen LogP contribution < -0.4 is 9.62 Å². The zero-order valence-electron chi connectivity index (χ0n) is 16.3. The number of halogens is 1. The number of rotatable bonds is 5. The summed E-state index contributed by atoms with van der Waals surface area (Å²) in [4.78, 5) is 12.7. The number of nitrogens with zero attached hydrogens (tertiary/aromatic N) is 1. The Bertz CT molecular complexity index is 1160. The summed E-state index contributed by atoms with van der Waals surface area (Å²) in [6.07, 6.45) is 0. The van der Waals surface area contributed by atoms with Crippen molar-refractivity contribution < 1.29 is 13.2 Å². The lowest BCUT2D eigenvalue weighted by atomic mass is 10.2. The summed E-state index contributed by atoms with van der Waals surface area (Å²) in [5.41, 5.74) is 3.23. The number of sulfonamides is 1. The molecule has 0 spiro atoms. The molecule has 29 heavy (non-hydrogen) atoms. The summed E-state index contributed by atoms with van der Waals surface area (Å²) in [7, 11) is -2.34. The minimum atomic E-state index is -3.82. The van der Waals surface area contributed by atoms with Crippen LogP contribution in [0.5, 0.6) is 0 Å². The molecule has 5 nitrogen and oxygen atoms in total. The van der Waals surface area contributed by atoms with Crippen molar-refractivity contribution in [3.05, 3.63) is 88.4 Å². The smallest absolute Gasteiger partial charge is 0.264 e. The van der Waals surface area contributed by atoms with E-state index in [4.69, 9.17) is 11.6 Å². The van der Waals surface area contributed by atoms with Crippen molar-refractivity contribution in [1.82, 2.24) is 0 Å². The molecule has 7 heteroatoms. The first-order valence-corrected chi connectivity index (χ1v) is 10.7. The van der Waals surface area contributed by atoms with Gasteiger partial charge in [0.2, 0.25) is 0 Å². The molecule has 0 saturated carbocycles. The van der Waals surface area contributed by atoms with Gasteiger partial charge in [0, 0.05) is 12.6 Å². The average Bonchev–Trinajstić information content (AvgIpc) is 2.70. The van der Waals surface area contributed by atoms with E-state index >= 15 is 0 Å². The quantitative estimate of drug-likeness (QED) is 0.619. The van der Waals surface area contributed by atoms with Crippen LogP contribution in [-0.2, 0) is 10.0 Å². The van der Waals surface area contributed by atoms with Gasteiger partial charge in [0.1, 0.15) is 0 Å². The van der Waals surface area contributed by atoms with E-state index < -0.39 is 15.9 Å². The van der Waals surface area contributed by atoms with Gasteiger partial charge in [-0.1, -0.05) is 41.4 Å². The van der Waals surface area contributed by atoms with Crippen molar-refractivity contribution in [2.24, 2.45) is 0 Å². The van der Waals surface area contributed by atoms with Crippen molar-refractivity contribution in [2.75, 3.05) is 16.7 Å². The highest BCUT2D eigenvalue weighted by atomic mass is 35.5. The lowest BCUT2D eigenvalue weighted by molar-refractivity contribution is 0.102. The zero-order chi connectivity index (χ0) is 21.2. The van der Waals surface area contributed by atoms with E-state index in [1.807, 2.05) is 32.0 Å². The van der Waals surface area contributed by atoms with E-state index in [0.717, 1.165) is 11.1 Å². The second kappa shape index (κ2) is 8.27. The number of hydrogen-bond donors (Lipinski definition) is 1. The second-order valence-electron chi connectivity index (χ2n) is 6.77. The first-order chi connectivity index (χ1) is 13.7. The fourth-order valence-corrected chi connectivity index (χ4v) is 4.29. The maximum atomic E-state index is 13.0. The SMILES string of the molecule is Cc1ccc(N(C)S(=O)(=O)c2cccc(C(=O)Nc3ccc(C)cc3Cl)c2)cc1. The molecule has 0 bridgehead atoms. The number of amides is 1. The maximum absolute atomic E-state index is 13.0. The standard InChI is InChI=1S/C22H21ClN2O3S/c1-15-7-10-18(11-8-15)25(3)29(27,28)19-6-4-5-17(14-19)22(26)24-21-12-9-16(2)13-20(21)23/h4-14H,1-3H3,(H,24,26). The molecule has 0 atom stereocenters. The van der Waals surface area contributed by atoms with Crippen LogP contribution in [0.3, 0.4) is 0 Å². The Kier molecular flexibility index (Phi) is 5.96. The molecule has 0 radical (unpaired) electrons. The van der Waals surface area contributed by atoms with Crippen LogP contribution in [0.2, 0.25) is 5.02 Å². The normalized spacial score (nSPS) is 11.2. The van der Waals surface area contributed by atoms with Crippen molar-refractivity contribution >= 4 is 38.9 Å². The van der Waals surface area contributed by atoms with Gasteiger partial charge in [-0.2, -0.15) is 0 Å². The topological polar surface area (TPSA) is 66.5 Å². The highest BCUT2D eigenvalue weighted by molar-refractivity contribution is 7.92. The number of nitrogens with one attached hydrogen (secondary N) is 1. The summed E-state index contributed by atoms with van der Waals surface area (Å²) in [6.45, 7) is 3.83. The van der Waals surface area contributed by atoms with Gasteiger partial charge in [0.15, 0.2) is 0 Å². The molecule has 1 N–H and O–H groups in total. The third kappa shape index (κ3) is 4.60. The molecule has 0 saturated heterocycles. The van der Waals surface area contributed by atoms with E-state index in [1.165, 1.54) is 23.5 Å². The van der Waals surface area contributed by atoms with E-state index in [0.29, 0.717) is 16.4 Å². The zero-order valence-corrected chi connectivity index (χ0v) is 17.9. The summed E-state index contributed by atoms with van der Waals surface area (Å²) >= 11 is 6.17. The third-order valence-corrected chi connectivity index (χ3v) is 6.62. The van der Waals surface area contributed by atoms with Crippen molar-refractivity contribution in [3.8, 4) is 0 Å².